The molecule has 6 aromatic rings. The number of nitrogens with one attached hydrogen (secondary N) is 6. The molecule has 0 unspecified atom stereocenters. The number of amides is 6. The Kier molecular flexibility index (Phi) is 22.6. The molecule has 12 N–H and O–H groups in total. The van der Waals surface area contributed by atoms with E-state index in [-0.39, 0.29) is 53.0 Å². The number of halogens is 3. The first-order valence-electron chi connectivity index (χ1n) is 26.3. The lowest BCUT2D eigenvalue weighted by Gasteiger charge is -2.36. The smallest absolute Gasteiger partial charge is 0.438 e. The number of rotatable bonds is 28. The standard InChI is InChI=1S/C60H66F3N9O8/c61-60(62,63)58(79)80-59(43-25-31-46(32-26-43)67-55(76)49(22-10-13-37-64)70-52(73)40-16-4-1-5-17-40,44-27-33-47(34-28-44)68-56(77)50(23-11-14-38-65)71-53(74)41-18-6-2-7-19-41)45-29-35-48(36-30-45)69-57(78)51(24-12-15-39-66)72-54(75)42-20-8-3-9-21-42/h1-9,16-21,25-36,49-51H,10-15,22-24,37-39,64-66H2,(H,67,76)(H,68,77)(H,69,78)(H,70,73)(H,71,74)(H,72,75)/t49-,50-,51-/m0/s1. The molecule has 0 radical (unpaired) electrons. The van der Waals surface area contributed by atoms with Crippen molar-refractivity contribution in [1.82, 2.24) is 16.0 Å². The first-order chi connectivity index (χ1) is 38.6. The number of hydrogen-bond donors (Lipinski definition) is 9. The van der Waals surface area contributed by atoms with Gasteiger partial charge in [-0.15, -0.1) is 0 Å². The van der Waals surface area contributed by atoms with Gasteiger partial charge >= 0.3 is 12.1 Å². The fourth-order valence-corrected chi connectivity index (χ4v) is 8.70. The van der Waals surface area contributed by atoms with Crippen molar-refractivity contribution < 1.29 is 51.5 Å². The van der Waals surface area contributed by atoms with E-state index in [0.717, 1.165) is 0 Å². The van der Waals surface area contributed by atoms with Crippen LogP contribution >= 0.6 is 0 Å². The summed E-state index contributed by atoms with van der Waals surface area (Å²) in [5.74, 6) is -5.81. The zero-order valence-electron chi connectivity index (χ0n) is 43.9. The molecule has 420 valence electrons. The number of nitrogens with two attached hydrogens (primary N) is 3. The van der Waals surface area contributed by atoms with Gasteiger partial charge in [0.2, 0.25) is 17.7 Å². The molecule has 6 rings (SSSR count). The van der Waals surface area contributed by atoms with Crippen molar-refractivity contribution in [2.24, 2.45) is 17.2 Å². The maximum Gasteiger partial charge on any atom is 0.490 e. The van der Waals surface area contributed by atoms with E-state index < -0.39 is 71.3 Å². The number of carbonyl (C=O) groups excluding carboxylic acids is 7. The summed E-state index contributed by atoms with van der Waals surface area (Å²) in [5, 5.41) is 16.6. The molecule has 0 bridgehead atoms. The van der Waals surface area contributed by atoms with Gasteiger partial charge in [-0.3, -0.25) is 28.8 Å². The molecule has 0 fully saturated rings. The minimum Gasteiger partial charge on any atom is -0.438 e. The number of esters is 1. The summed E-state index contributed by atoms with van der Waals surface area (Å²) in [7, 11) is 0. The van der Waals surface area contributed by atoms with Crippen molar-refractivity contribution in [1.29, 1.82) is 0 Å². The van der Waals surface area contributed by atoms with Crippen LogP contribution in [0.3, 0.4) is 0 Å². The third-order valence-corrected chi connectivity index (χ3v) is 13.0. The van der Waals surface area contributed by atoms with E-state index in [9.17, 15) is 46.7 Å². The largest absolute Gasteiger partial charge is 0.490 e. The van der Waals surface area contributed by atoms with Crippen molar-refractivity contribution in [3.8, 4) is 0 Å². The van der Waals surface area contributed by atoms with Crippen LogP contribution < -0.4 is 49.1 Å². The van der Waals surface area contributed by atoms with Gasteiger partial charge < -0.3 is 53.8 Å². The van der Waals surface area contributed by atoms with E-state index in [1.165, 1.54) is 72.8 Å². The van der Waals surface area contributed by atoms with Crippen molar-refractivity contribution in [2.45, 2.75) is 87.7 Å². The van der Waals surface area contributed by atoms with Gasteiger partial charge in [-0.25, -0.2) is 4.79 Å². The predicted molar refractivity (Wildman–Crippen MR) is 299 cm³/mol. The number of ether oxygens (including phenoxy) is 1. The topological polar surface area (TPSA) is 279 Å². The zero-order valence-corrected chi connectivity index (χ0v) is 43.9. The molecule has 3 atom stereocenters. The summed E-state index contributed by atoms with van der Waals surface area (Å²) >= 11 is 0. The van der Waals surface area contributed by atoms with Gasteiger partial charge in [-0.05, 0) is 150 Å². The highest BCUT2D eigenvalue weighted by molar-refractivity contribution is 6.03. The summed E-state index contributed by atoms with van der Waals surface area (Å²) in [4.78, 5) is 94.5. The second-order valence-corrected chi connectivity index (χ2v) is 18.8. The van der Waals surface area contributed by atoms with Gasteiger partial charge in [0.15, 0.2) is 5.60 Å². The molecule has 0 spiro atoms. The first-order valence-corrected chi connectivity index (χ1v) is 26.3. The number of benzene rings is 6. The van der Waals surface area contributed by atoms with Crippen LogP contribution in [0.15, 0.2) is 164 Å². The number of anilines is 3. The Morgan fingerprint density at radius 1 is 0.388 bits per heavy atom. The highest BCUT2D eigenvalue weighted by atomic mass is 19.4. The Morgan fingerprint density at radius 3 is 0.887 bits per heavy atom. The Hall–Kier alpha value is -8.72. The maximum atomic E-state index is 14.6. The highest BCUT2D eigenvalue weighted by Gasteiger charge is 2.49. The van der Waals surface area contributed by atoms with E-state index in [2.05, 4.69) is 31.9 Å². The minimum absolute atomic E-state index is 0.0364. The molecule has 0 aliphatic heterocycles. The van der Waals surface area contributed by atoms with Crippen LogP contribution in [0.1, 0.15) is 106 Å². The number of carbonyl (C=O) groups is 7. The SMILES string of the molecule is NCCCC[C@H](NC(=O)c1ccccc1)C(=O)Nc1ccc(C(OC(=O)C(F)(F)F)(c2ccc(NC(=O)[C@H](CCCCN)NC(=O)c3ccccc3)cc2)c2ccc(NC(=O)[C@H](CCCCN)NC(=O)c3ccccc3)cc2)cc1. The van der Waals surface area contributed by atoms with Crippen LogP contribution in [-0.2, 0) is 29.5 Å². The molecule has 0 heterocycles. The van der Waals surface area contributed by atoms with E-state index in [1.54, 1.807) is 91.0 Å². The zero-order chi connectivity index (χ0) is 57.5. The molecule has 6 amide bonds. The second-order valence-electron chi connectivity index (χ2n) is 18.8. The summed E-state index contributed by atoms with van der Waals surface area (Å²) in [6.07, 6.45) is -1.59. The summed E-state index contributed by atoms with van der Waals surface area (Å²) in [6.45, 7) is 1.06. The average molecular weight is 1100 g/mol. The van der Waals surface area contributed by atoms with Crippen LogP contribution in [0, 0.1) is 0 Å². The molecular formula is C60H66F3N9O8. The van der Waals surface area contributed by atoms with Gasteiger partial charge in [0.25, 0.3) is 17.7 Å². The molecule has 0 saturated heterocycles. The van der Waals surface area contributed by atoms with Crippen molar-refractivity contribution in [2.75, 3.05) is 35.6 Å². The maximum absolute atomic E-state index is 14.6. The lowest BCUT2D eigenvalue weighted by atomic mass is 9.79. The normalized spacial score (nSPS) is 12.4. The monoisotopic (exact) mass is 1100 g/mol. The van der Waals surface area contributed by atoms with Gasteiger partial charge in [-0.2, -0.15) is 13.2 Å². The van der Waals surface area contributed by atoms with E-state index in [0.29, 0.717) is 74.8 Å². The fourth-order valence-electron chi connectivity index (χ4n) is 8.70. The molecular weight excluding hydrogens is 1030 g/mol. The van der Waals surface area contributed by atoms with Gasteiger partial charge in [0, 0.05) is 50.4 Å². The molecule has 80 heavy (non-hydrogen) atoms. The van der Waals surface area contributed by atoms with Crippen LogP contribution in [0.4, 0.5) is 30.2 Å². The second kappa shape index (κ2) is 29.9. The molecule has 0 aliphatic rings. The third kappa shape index (κ3) is 17.1. The molecule has 0 aromatic heterocycles. The quantitative estimate of drug-likeness (QED) is 0.0131. The summed E-state index contributed by atoms with van der Waals surface area (Å²) < 4.78 is 49.4. The Balaban J connectivity index is 1.38. The molecule has 0 aliphatic carbocycles. The summed E-state index contributed by atoms with van der Waals surface area (Å²) in [5.41, 5.74) is 16.1. The van der Waals surface area contributed by atoms with E-state index >= 15 is 0 Å². The van der Waals surface area contributed by atoms with Crippen LogP contribution in [-0.4, -0.2) is 85.3 Å². The van der Waals surface area contributed by atoms with Crippen molar-refractivity contribution >= 4 is 58.5 Å². The Morgan fingerprint density at radius 2 is 0.650 bits per heavy atom. The van der Waals surface area contributed by atoms with E-state index in [4.69, 9.17) is 21.9 Å². The summed E-state index contributed by atoms with van der Waals surface area (Å²) in [6, 6.07) is 38.4. The molecule has 20 heteroatoms. The highest BCUT2D eigenvalue weighted by Crippen LogP contribution is 2.43. The lowest BCUT2D eigenvalue weighted by Crippen LogP contribution is -2.44. The van der Waals surface area contributed by atoms with Crippen molar-refractivity contribution in [3.05, 3.63) is 197 Å². The average Bonchev–Trinajstić information content (AvgIpc) is 3.50. The van der Waals surface area contributed by atoms with Gasteiger partial charge in [0.1, 0.15) is 18.1 Å². The first kappa shape index (κ1) is 60.5. The Labute approximate surface area is 462 Å². The van der Waals surface area contributed by atoms with Gasteiger partial charge in [-0.1, -0.05) is 91.0 Å². The minimum atomic E-state index is -5.52. The number of unbranched alkanes of at least 4 members (excludes halogenated alkanes) is 3. The van der Waals surface area contributed by atoms with Crippen molar-refractivity contribution in [3.63, 3.8) is 0 Å². The van der Waals surface area contributed by atoms with Crippen LogP contribution in [0.2, 0.25) is 0 Å². The fraction of sp³-hybridized carbons (Fsp3) is 0.283. The van der Waals surface area contributed by atoms with Crippen LogP contribution in [0.25, 0.3) is 0 Å². The van der Waals surface area contributed by atoms with Crippen LogP contribution in [0.5, 0.6) is 0 Å². The molecule has 6 aromatic carbocycles. The Bertz CT molecular complexity index is 2690. The predicted octanol–water partition coefficient (Wildman–Crippen LogP) is 7.68. The van der Waals surface area contributed by atoms with Gasteiger partial charge in [0.05, 0.1) is 0 Å². The van der Waals surface area contributed by atoms with E-state index in [1.807, 2.05) is 0 Å². The molecule has 17 nitrogen and oxygen atoms in total. The lowest BCUT2D eigenvalue weighted by molar-refractivity contribution is -0.209. The number of alkyl halides is 3. The molecule has 0 saturated carbocycles. The number of hydrogen-bond acceptors (Lipinski definition) is 11. The third-order valence-electron chi connectivity index (χ3n) is 13.0.